The molecule has 0 spiro atoms. The maximum atomic E-state index is 13.4. The zero-order valence-corrected chi connectivity index (χ0v) is 14.4. The summed E-state index contributed by atoms with van der Waals surface area (Å²) in [5.74, 6) is 0.253. The molecule has 1 aromatic rings. The summed E-state index contributed by atoms with van der Waals surface area (Å²) in [6, 6.07) is 8.17. The van der Waals surface area contributed by atoms with Gasteiger partial charge in [0.05, 0.1) is 5.41 Å². The Hall–Kier alpha value is -1.10. The summed E-state index contributed by atoms with van der Waals surface area (Å²) >= 11 is 6.03. The molecular weight excluding hydrogens is 312 g/mol. The Kier molecular flexibility index (Phi) is 5.24. The lowest BCUT2D eigenvalue weighted by molar-refractivity contribution is -0.142. The highest BCUT2D eigenvalue weighted by Crippen LogP contribution is 2.38. The SMILES string of the molecule is CN[C@H]1CCCN(C(=O)C2(c3ccc(Cl)cc3)CCOCC2)C1. The van der Waals surface area contributed by atoms with Gasteiger partial charge in [0.1, 0.15) is 0 Å². The number of amides is 1. The number of ether oxygens (including phenoxy) is 1. The Bertz CT molecular complexity index is 540. The van der Waals surface area contributed by atoms with Gasteiger partial charge in [0.2, 0.25) is 5.91 Å². The lowest BCUT2D eigenvalue weighted by Gasteiger charge is -2.42. The number of carbonyl (C=O) groups is 1. The van der Waals surface area contributed by atoms with Gasteiger partial charge >= 0.3 is 0 Å². The van der Waals surface area contributed by atoms with Crippen LogP contribution in [0.4, 0.5) is 0 Å². The molecule has 0 unspecified atom stereocenters. The third kappa shape index (κ3) is 3.39. The van der Waals surface area contributed by atoms with E-state index in [0.29, 0.717) is 24.3 Å². The number of nitrogens with one attached hydrogen (secondary N) is 1. The first-order valence-electron chi connectivity index (χ1n) is 8.46. The van der Waals surface area contributed by atoms with Crippen molar-refractivity contribution < 1.29 is 9.53 Å². The molecule has 1 N–H and O–H groups in total. The van der Waals surface area contributed by atoms with Crippen LogP contribution in [-0.4, -0.2) is 50.2 Å². The molecule has 2 saturated heterocycles. The van der Waals surface area contributed by atoms with E-state index in [1.54, 1.807) is 0 Å². The van der Waals surface area contributed by atoms with E-state index in [9.17, 15) is 4.79 Å². The first-order valence-corrected chi connectivity index (χ1v) is 8.84. The van der Waals surface area contributed by atoms with Crippen molar-refractivity contribution in [3.05, 3.63) is 34.9 Å². The quantitative estimate of drug-likeness (QED) is 0.922. The fraction of sp³-hybridized carbons (Fsp3) is 0.611. The summed E-state index contributed by atoms with van der Waals surface area (Å²) in [6.45, 7) is 2.92. The van der Waals surface area contributed by atoms with Crippen molar-refractivity contribution in [2.45, 2.75) is 37.1 Å². The van der Waals surface area contributed by atoms with E-state index >= 15 is 0 Å². The molecule has 0 bridgehead atoms. The highest BCUT2D eigenvalue weighted by Gasteiger charge is 2.44. The number of likely N-dealkylation sites (tertiary alicyclic amines) is 1. The first-order chi connectivity index (χ1) is 11.2. The largest absolute Gasteiger partial charge is 0.381 e. The maximum Gasteiger partial charge on any atom is 0.233 e. The van der Waals surface area contributed by atoms with Gasteiger partial charge in [-0.3, -0.25) is 4.79 Å². The minimum Gasteiger partial charge on any atom is -0.381 e. The van der Waals surface area contributed by atoms with Crippen LogP contribution in [0.5, 0.6) is 0 Å². The number of nitrogens with zero attached hydrogens (tertiary/aromatic N) is 1. The highest BCUT2D eigenvalue weighted by molar-refractivity contribution is 6.30. The zero-order valence-electron chi connectivity index (χ0n) is 13.7. The number of carbonyl (C=O) groups excluding carboxylic acids is 1. The maximum absolute atomic E-state index is 13.4. The normalized spacial score (nSPS) is 24.4. The Morgan fingerprint density at radius 1 is 1.30 bits per heavy atom. The molecular formula is C18H25ClN2O2. The van der Waals surface area contributed by atoms with Crippen LogP contribution in [0, 0.1) is 0 Å². The number of hydrogen-bond acceptors (Lipinski definition) is 3. The lowest BCUT2D eigenvalue weighted by Crippen LogP contribution is -2.55. The predicted molar refractivity (Wildman–Crippen MR) is 91.8 cm³/mol. The summed E-state index contributed by atoms with van der Waals surface area (Å²) in [4.78, 5) is 15.5. The average Bonchev–Trinajstić information content (AvgIpc) is 2.62. The molecule has 0 saturated carbocycles. The smallest absolute Gasteiger partial charge is 0.233 e. The highest BCUT2D eigenvalue weighted by atomic mass is 35.5. The van der Waals surface area contributed by atoms with E-state index in [1.165, 1.54) is 0 Å². The minimum atomic E-state index is -0.460. The van der Waals surface area contributed by atoms with Crippen molar-refractivity contribution in [1.29, 1.82) is 0 Å². The molecule has 5 heteroatoms. The van der Waals surface area contributed by atoms with Gasteiger partial charge in [0, 0.05) is 37.4 Å². The molecule has 23 heavy (non-hydrogen) atoms. The summed E-state index contributed by atoms with van der Waals surface area (Å²) in [5.41, 5.74) is 0.611. The van der Waals surface area contributed by atoms with Crippen LogP contribution in [-0.2, 0) is 14.9 Å². The van der Waals surface area contributed by atoms with Crippen molar-refractivity contribution in [2.24, 2.45) is 0 Å². The van der Waals surface area contributed by atoms with Gasteiger partial charge in [-0.15, -0.1) is 0 Å². The number of hydrogen-bond donors (Lipinski definition) is 1. The van der Waals surface area contributed by atoms with Crippen molar-refractivity contribution in [3.63, 3.8) is 0 Å². The van der Waals surface area contributed by atoms with Crippen molar-refractivity contribution in [3.8, 4) is 0 Å². The topological polar surface area (TPSA) is 41.6 Å². The molecule has 4 nitrogen and oxygen atoms in total. The molecule has 126 valence electrons. The number of benzene rings is 1. The summed E-state index contributed by atoms with van der Waals surface area (Å²) in [7, 11) is 1.97. The second-order valence-electron chi connectivity index (χ2n) is 6.58. The monoisotopic (exact) mass is 336 g/mol. The molecule has 1 aromatic carbocycles. The standard InChI is InChI=1S/C18H25ClN2O2/c1-20-16-3-2-10-21(13-16)17(22)18(8-11-23-12-9-18)14-4-6-15(19)7-5-14/h4-7,16,20H,2-3,8-13H2,1H3/t16-/m0/s1. The Morgan fingerprint density at radius 2 is 2.00 bits per heavy atom. The van der Waals surface area contributed by atoms with Crippen LogP contribution in [0.15, 0.2) is 24.3 Å². The minimum absolute atomic E-state index is 0.253. The molecule has 1 amide bonds. The Labute approximate surface area is 143 Å². The van der Waals surface area contributed by atoms with Gasteiger partial charge in [-0.25, -0.2) is 0 Å². The van der Waals surface area contributed by atoms with Gasteiger partial charge in [0.25, 0.3) is 0 Å². The van der Waals surface area contributed by atoms with E-state index in [1.807, 2.05) is 36.2 Å². The van der Waals surface area contributed by atoms with E-state index in [0.717, 1.165) is 44.3 Å². The molecule has 2 fully saturated rings. The van der Waals surface area contributed by atoms with E-state index in [-0.39, 0.29) is 5.91 Å². The van der Waals surface area contributed by atoms with E-state index in [2.05, 4.69) is 5.32 Å². The number of likely N-dealkylation sites (N-methyl/N-ethyl adjacent to an activating group) is 1. The molecule has 2 heterocycles. The number of piperidine rings is 1. The van der Waals surface area contributed by atoms with Crippen molar-refractivity contribution >= 4 is 17.5 Å². The second-order valence-corrected chi connectivity index (χ2v) is 7.02. The summed E-state index contributed by atoms with van der Waals surface area (Å²) < 4.78 is 5.54. The summed E-state index contributed by atoms with van der Waals surface area (Å²) in [6.07, 6.45) is 3.68. The van der Waals surface area contributed by atoms with Crippen LogP contribution < -0.4 is 5.32 Å². The van der Waals surface area contributed by atoms with Gasteiger partial charge < -0.3 is 15.0 Å². The first kappa shape index (κ1) is 16.7. The third-order valence-electron chi connectivity index (χ3n) is 5.27. The van der Waals surface area contributed by atoms with Gasteiger partial charge in [-0.1, -0.05) is 23.7 Å². The number of rotatable bonds is 3. The molecule has 2 aliphatic rings. The molecule has 0 radical (unpaired) electrons. The Morgan fingerprint density at radius 3 is 2.65 bits per heavy atom. The van der Waals surface area contributed by atoms with Gasteiger partial charge in [0.15, 0.2) is 0 Å². The molecule has 3 rings (SSSR count). The van der Waals surface area contributed by atoms with Crippen molar-refractivity contribution in [2.75, 3.05) is 33.4 Å². The van der Waals surface area contributed by atoms with Crippen LogP contribution in [0.2, 0.25) is 5.02 Å². The fourth-order valence-corrected chi connectivity index (χ4v) is 3.94. The van der Waals surface area contributed by atoms with Crippen LogP contribution >= 0.6 is 11.6 Å². The second kappa shape index (κ2) is 7.20. The third-order valence-corrected chi connectivity index (χ3v) is 5.52. The molecule has 2 aliphatic heterocycles. The van der Waals surface area contributed by atoms with E-state index in [4.69, 9.17) is 16.3 Å². The molecule has 0 aliphatic carbocycles. The van der Waals surface area contributed by atoms with Crippen molar-refractivity contribution in [1.82, 2.24) is 10.2 Å². The van der Waals surface area contributed by atoms with Crippen LogP contribution in [0.1, 0.15) is 31.2 Å². The number of halogens is 1. The van der Waals surface area contributed by atoms with E-state index < -0.39 is 5.41 Å². The van der Waals surface area contributed by atoms with Crippen LogP contribution in [0.3, 0.4) is 0 Å². The average molecular weight is 337 g/mol. The summed E-state index contributed by atoms with van der Waals surface area (Å²) in [5, 5.41) is 4.02. The zero-order chi connectivity index (χ0) is 16.3. The predicted octanol–water partition coefficient (Wildman–Crippen LogP) is 2.60. The molecule has 1 atom stereocenters. The van der Waals surface area contributed by atoms with Gasteiger partial charge in [-0.05, 0) is 50.4 Å². The lowest BCUT2D eigenvalue weighted by atomic mass is 9.72. The van der Waals surface area contributed by atoms with Crippen LogP contribution in [0.25, 0.3) is 0 Å². The molecule has 0 aromatic heterocycles. The fourth-order valence-electron chi connectivity index (χ4n) is 3.81. The van der Waals surface area contributed by atoms with Gasteiger partial charge in [-0.2, -0.15) is 0 Å². The Balaban J connectivity index is 1.89.